The molecule has 134 valence electrons. The van der Waals surface area contributed by atoms with Gasteiger partial charge in [0.25, 0.3) is 11.9 Å². The van der Waals surface area contributed by atoms with E-state index in [4.69, 9.17) is 4.74 Å². The molecule has 1 atom stereocenters. The first-order valence-corrected chi connectivity index (χ1v) is 8.17. The summed E-state index contributed by atoms with van der Waals surface area (Å²) in [7, 11) is 0. The van der Waals surface area contributed by atoms with Gasteiger partial charge in [0, 0.05) is 42.6 Å². The molecule has 0 saturated heterocycles. The van der Waals surface area contributed by atoms with Gasteiger partial charge in [-0.1, -0.05) is 30.3 Å². The molecule has 27 heavy (non-hydrogen) atoms. The van der Waals surface area contributed by atoms with E-state index in [0.717, 1.165) is 5.56 Å². The summed E-state index contributed by atoms with van der Waals surface area (Å²) in [6.07, 6.45) is 2.32. The van der Waals surface area contributed by atoms with Gasteiger partial charge in [-0.3, -0.25) is 19.5 Å². The van der Waals surface area contributed by atoms with E-state index in [2.05, 4.69) is 9.98 Å². The lowest BCUT2D eigenvalue weighted by Crippen LogP contribution is -2.11. The number of imidazole rings is 1. The van der Waals surface area contributed by atoms with E-state index in [1.165, 1.54) is 19.1 Å². The fourth-order valence-electron chi connectivity index (χ4n) is 3.05. The second-order valence-electron chi connectivity index (χ2n) is 5.92. The molecule has 0 bridgehead atoms. The molecule has 3 aromatic rings. The van der Waals surface area contributed by atoms with Crippen LogP contribution in [0.25, 0.3) is 5.69 Å². The summed E-state index contributed by atoms with van der Waals surface area (Å²) in [5.41, 5.74) is 2.42. The number of ether oxygens (including phenoxy) is 1. The van der Waals surface area contributed by atoms with E-state index in [0.29, 0.717) is 22.8 Å². The zero-order chi connectivity index (χ0) is 19.0. The van der Waals surface area contributed by atoms with E-state index in [1.54, 1.807) is 23.0 Å². The number of aromatic nitrogens is 2. The van der Waals surface area contributed by atoms with Crippen molar-refractivity contribution in [2.45, 2.75) is 13.2 Å². The molecule has 4 rings (SSSR count). The minimum absolute atomic E-state index is 0.0509. The third kappa shape index (κ3) is 2.97. The summed E-state index contributed by atoms with van der Waals surface area (Å²) in [6.45, 7) is 1.30. The molecule has 0 aliphatic carbocycles. The minimum atomic E-state index is -0.959. The normalized spacial score (nSPS) is 15.1. The average molecular weight is 362 g/mol. The molecule has 0 fully saturated rings. The largest absolute Gasteiger partial charge is 0.432 e. The van der Waals surface area contributed by atoms with Crippen LogP contribution in [-0.2, 0) is 9.53 Å². The minimum Gasteiger partial charge on any atom is -0.432 e. The van der Waals surface area contributed by atoms with Gasteiger partial charge in [0.2, 0.25) is 0 Å². The van der Waals surface area contributed by atoms with E-state index in [9.17, 15) is 14.9 Å². The molecule has 0 saturated carbocycles. The van der Waals surface area contributed by atoms with Crippen molar-refractivity contribution < 1.29 is 14.5 Å². The highest BCUT2D eigenvalue weighted by atomic mass is 16.6. The number of aliphatic imine (C=N–C) groups is 1. The van der Waals surface area contributed by atoms with Crippen molar-refractivity contribution in [3.63, 3.8) is 0 Å². The zero-order valence-corrected chi connectivity index (χ0v) is 14.3. The number of non-ortho nitro benzene ring substituents is 1. The smallest absolute Gasteiger partial charge is 0.304 e. The molecule has 1 aliphatic heterocycles. The summed E-state index contributed by atoms with van der Waals surface area (Å²) in [5, 5.41) is 11.3. The molecule has 8 heteroatoms. The number of rotatable bonds is 3. The second kappa shape index (κ2) is 6.49. The highest BCUT2D eigenvalue weighted by Gasteiger charge is 2.28. The molecule has 2 heterocycles. The number of nitrogens with zero attached hydrogens (tertiary/aromatic N) is 4. The van der Waals surface area contributed by atoms with Gasteiger partial charge < -0.3 is 4.74 Å². The Morgan fingerprint density at radius 2 is 2.00 bits per heavy atom. The van der Waals surface area contributed by atoms with Crippen LogP contribution in [0.5, 0.6) is 0 Å². The lowest BCUT2D eigenvalue weighted by Gasteiger charge is -2.12. The number of nitro groups is 1. The van der Waals surface area contributed by atoms with Crippen molar-refractivity contribution in [1.82, 2.24) is 9.55 Å². The summed E-state index contributed by atoms with van der Waals surface area (Å²) < 4.78 is 7.10. The van der Waals surface area contributed by atoms with Crippen LogP contribution in [0.3, 0.4) is 0 Å². The number of hydrogen-bond acceptors (Lipinski definition) is 6. The number of carbonyl (C=O) groups excluding carboxylic acids is 1. The van der Waals surface area contributed by atoms with Crippen LogP contribution in [0.2, 0.25) is 0 Å². The van der Waals surface area contributed by atoms with Crippen LogP contribution in [0.15, 0.2) is 65.9 Å². The predicted molar refractivity (Wildman–Crippen MR) is 96.8 cm³/mol. The van der Waals surface area contributed by atoms with Gasteiger partial charge in [0.15, 0.2) is 5.82 Å². The first-order chi connectivity index (χ1) is 13.0. The van der Waals surface area contributed by atoms with Gasteiger partial charge in [0.05, 0.1) is 16.3 Å². The second-order valence-corrected chi connectivity index (χ2v) is 5.92. The SMILES string of the molecule is CC(=O)OC1N=C(c2ccccc2)c2cc([N+](=O)[O-])ccc2-n2ccnc21. The van der Waals surface area contributed by atoms with Crippen molar-refractivity contribution in [3.05, 3.63) is 88.0 Å². The summed E-state index contributed by atoms with van der Waals surface area (Å²) in [5.74, 6) is -0.0751. The number of carbonyl (C=O) groups is 1. The Morgan fingerprint density at radius 1 is 1.22 bits per heavy atom. The molecule has 0 amide bonds. The zero-order valence-electron chi connectivity index (χ0n) is 14.3. The van der Waals surface area contributed by atoms with Crippen LogP contribution in [0, 0.1) is 10.1 Å². The molecule has 1 aromatic heterocycles. The maximum absolute atomic E-state index is 11.6. The summed E-state index contributed by atoms with van der Waals surface area (Å²) in [4.78, 5) is 31.3. The van der Waals surface area contributed by atoms with Crippen LogP contribution in [0.4, 0.5) is 5.69 Å². The van der Waals surface area contributed by atoms with E-state index in [-0.39, 0.29) is 5.69 Å². The molecule has 0 radical (unpaired) electrons. The van der Waals surface area contributed by atoms with Crippen LogP contribution < -0.4 is 0 Å². The van der Waals surface area contributed by atoms with Gasteiger partial charge in [-0.2, -0.15) is 0 Å². The Labute approximate surface area is 153 Å². The third-order valence-electron chi connectivity index (χ3n) is 4.17. The average Bonchev–Trinajstić information content (AvgIpc) is 3.10. The van der Waals surface area contributed by atoms with Crippen molar-refractivity contribution in [2.24, 2.45) is 4.99 Å². The van der Waals surface area contributed by atoms with E-state index in [1.807, 2.05) is 30.3 Å². The quantitative estimate of drug-likeness (QED) is 0.405. The van der Waals surface area contributed by atoms with Crippen molar-refractivity contribution in [1.29, 1.82) is 0 Å². The molecule has 1 aliphatic rings. The Morgan fingerprint density at radius 3 is 2.70 bits per heavy atom. The van der Waals surface area contributed by atoms with Gasteiger partial charge in [-0.15, -0.1) is 0 Å². The van der Waals surface area contributed by atoms with Crippen LogP contribution in [-0.4, -0.2) is 26.2 Å². The fraction of sp³-hybridized carbons (Fsp3) is 0.105. The molecule has 2 aromatic carbocycles. The predicted octanol–water partition coefficient (Wildman–Crippen LogP) is 3.19. The van der Waals surface area contributed by atoms with Crippen LogP contribution >= 0.6 is 0 Å². The summed E-state index contributed by atoms with van der Waals surface area (Å²) in [6, 6.07) is 13.8. The monoisotopic (exact) mass is 362 g/mol. The van der Waals surface area contributed by atoms with Gasteiger partial charge in [-0.05, 0) is 6.07 Å². The number of fused-ring (bicyclic) bond motifs is 3. The summed E-state index contributed by atoms with van der Waals surface area (Å²) >= 11 is 0. The van der Waals surface area contributed by atoms with Crippen molar-refractivity contribution in [2.75, 3.05) is 0 Å². The highest BCUT2D eigenvalue weighted by Crippen LogP contribution is 2.32. The maximum atomic E-state index is 11.6. The molecular formula is C19H14N4O4. The molecule has 0 spiro atoms. The van der Waals surface area contributed by atoms with Gasteiger partial charge in [-0.25, -0.2) is 9.98 Å². The highest BCUT2D eigenvalue weighted by molar-refractivity contribution is 6.15. The fourth-order valence-corrected chi connectivity index (χ4v) is 3.05. The number of hydrogen-bond donors (Lipinski definition) is 0. The standard InChI is InChI=1S/C19H14N4O4/c1-12(24)27-19-18-20-9-10-22(18)16-8-7-14(23(25)26)11-15(16)17(21-19)13-5-3-2-4-6-13/h2-11,19H,1H3. The Balaban J connectivity index is 2.01. The van der Waals surface area contributed by atoms with E-state index >= 15 is 0 Å². The Kier molecular flexibility index (Phi) is 4.00. The number of esters is 1. The Bertz CT molecular complexity index is 1070. The molecule has 0 N–H and O–H groups in total. The Hall–Kier alpha value is -3.81. The molecular weight excluding hydrogens is 348 g/mol. The van der Waals surface area contributed by atoms with Gasteiger partial charge >= 0.3 is 5.97 Å². The van der Waals surface area contributed by atoms with Crippen molar-refractivity contribution in [3.8, 4) is 5.69 Å². The first-order valence-electron chi connectivity index (χ1n) is 8.17. The first kappa shape index (κ1) is 16.6. The molecule has 8 nitrogen and oxygen atoms in total. The topological polar surface area (TPSA) is 99.6 Å². The van der Waals surface area contributed by atoms with Crippen LogP contribution in [0.1, 0.15) is 30.1 Å². The number of benzene rings is 2. The number of nitro benzene ring substituents is 1. The molecule has 1 unspecified atom stereocenters. The van der Waals surface area contributed by atoms with Crippen molar-refractivity contribution >= 4 is 17.4 Å². The maximum Gasteiger partial charge on any atom is 0.304 e. The lowest BCUT2D eigenvalue weighted by molar-refractivity contribution is -0.384. The third-order valence-corrected chi connectivity index (χ3v) is 4.17. The van der Waals surface area contributed by atoms with E-state index < -0.39 is 17.1 Å². The lowest BCUT2D eigenvalue weighted by atomic mass is 10.00. The van der Waals surface area contributed by atoms with Gasteiger partial charge in [0.1, 0.15) is 0 Å².